The van der Waals surface area contributed by atoms with E-state index in [0.717, 1.165) is 0 Å². The van der Waals surface area contributed by atoms with Crippen molar-refractivity contribution in [2.45, 2.75) is 59.2 Å². The van der Waals surface area contributed by atoms with E-state index in [4.69, 9.17) is 13.3 Å². The first-order chi connectivity index (χ1) is 7.61. The van der Waals surface area contributed by atoms with Crippen LogP contribution in [0.1, 0.15) is 40.5 Å². The summed E-state index contributed by atoms with van der Waals surface area (Å²) >= 11 is 0. The molecule has 0 aromatic heterocycles. The summed E-state index contributed by atoms with van der Waals surface area (Å²) in [5, 5.41) is 0. The monoisotopic (exact) mass is 266 g/mol. The lowest BCUT2D eigenvalue weighted by Gasteiger charge is -2.29. The van der Waals surface area contributed by atoms with Gasteiger partial charge in [-0.2, -0.15) is 0 Å². The van der Waals surface area contributed by atoms with Crippen molar-refractivity contribution < 1.29 is 13.3 Å². The maximum absolute atomic E-state index is 6.16. The highest BCUT2D eigenvalue weighted by Crippen LogP contribution is 2.44. The fourth-order valence-corrected chi connectivity index (χ4v) is 7.21. The Kier molecular flexibility index (Phi) is 9.86. The third kappa shape index (κ3) is 6.97. The molecule has 0 spiro atoms. The molecule has 0 rings (SSSR count). The molecule has 0 amide bonds. The molecule has 0 aliphatic carbocycles. The first-order valence-corrected chi connectivity index (χ1v) is 10.3. The Morgan fingerprint density at radius 2 is 1.31 bits per heavy atom. The number of hydrogen-bond acceptors (Lipinski definition) is 3. The minimum absolute atomic E-state index is 0.661. The molecule has 3 nitrogen and oxygen atoms in total. The van der Waals surface area contributed by atoms with Crippen molar-refractivity contribution in [3.8, 4) is 0 Å². The minimum Gasteiger partial charge on any atom is -0.354 e. The summed E-state index contributed by atoms with van der Waals surface area (Å²) < 4.78 is 17.2. The van der Waals surface area contributed by atoms with Crippen LogP contribution in [0.4, 0.5) is 0 Å². The van der Waals surface area contributed by atoms with Gasteiger partial charge < -0.3 is 13.3 Å². The van der Waals surface area contributed by atoms with Gasteiger partial charge in [0, 0.05) is 0 Å². The molecule has 0 saturated heterocycles. The van der Waals surface area contributed by atoms with Gasteiger partial charge in [0.05, 0.1) is 13.2 Å². The van der Waals surface area contributed by atoms with Gasteiger partial charge in [-0.25, -0.2) is 0 Å². The summed E-state index contributed by atoms with van der Waals surface area (Å²) in [5.41, 5.74) is 0. The van der Waals surface area contributed by atoms with Crippen molar-refractivity contribution in [3.63, 3.8) is 0 Å². The maximum atomic E-state index is 6.16. The smallest absolute Gasteiger partial charge is 0.321 e. The van der Waals surface area contributed by atoms with Crippen LogP contribution in [0.25, 0.3) is 0 Å². The van der Waals surface area contributed by atoms with Crippen LogP contribution in [0.3, 0.4) is 0 Å². The lowest BCUT2D eigenvalue weighted by Crippen LogP contribution is -2.32. The molecule has 0 aliphatic rings. The zero-order valence-electron chi connectivity index (χ0n) is 11.4. The molecule has 0 aromatic rings. The molecule has 0 atom stereocenters. The predicted octanol–water partition coefficient (Wildman–Crippen LogP) is 4.70. The van der Waals surface area contributed by atoms with Gasteiger partial charge in [0.1, 0.15) is 0 Å². The molecule has 0 saturated carbocycles. The molecule has 0 fully saturated rings. The van der Waals surface area contributed by atoms with Gasteiger partial charge in [-0.05, 0) is 32.5 Å². The van der Waals surface area contributed by atoms with E-state index in [1.807, 2.05) is 13.8 Å². The van der Waals surface area contributed by atoms with Gasteiger partial charge in [0.15, 0.2) is 0 Å². The van der Waals surface area contributed by atoms with Crippen LogP contribution >= 0.6 is 8.60 Å². The SMILES string of the molecule is CCC[Si](C)(CCC)OP(OCC)OCC. The van der Waals surface area contributed by atoms with Crippen molar-refractivity contribution in [3.05, 3.63) is 0 Å². The van der Waals surface area contributed by atoms with Gasteiger partial charge in [-0.15, -0.1) is 0 Å². The van der Waals surface area contributed by atoms with E-state index in [9.17, 15) is 0 Å². The third-order valence-electron chi connectivity index (χ3n) is 2.32. The van der Waals surface area contributed by atoms with Crippen LogP contribution in [-0.2, 0) is 13.3 Å². The second-order valence-electron chi connectivity index (χ2n) is 4.10. The lowest BCUT2D eigenvalue weighted by molar-refractivity contribution is 0.218. The summed E-state index contributed by atoms with van der Waals surface area (Å²) in [6, 6.07) is 2.39. The number of hydrogen-bond donors (Lipinski definition) is 0. The molecular weight excluding hydrogens is 239 g/mol. The van der Waals surface area contributed by atoms with Crippen LogP contribution < -0.4 is 0 Å². The second-order valence-corrected chi connectivity index (χ2v) is 9.69. The summed E-state index contributed by atoms with van der Waals surface area (Å²) in [5.74, 6) is 0. The van der Waals surface area contributed by atoms with Gasteiger partial charge in [-0.1, -0.05) is 26.7 Å². The summed E-state index contributed by atoms with van der Waals surface area (Å²) in [6.45, 7) is 12.0. The zero-order valence-corrected chi connectivity index (χ0v) is 13.3. The van der Waals surface area contributed by atoms with Crippen molar-refractivity contribution in [1.29, 1.82) is 0 Å². The Hall–Kier alpha value is 0.527. The van der Waals surface area contributed by atoms with Crippen molar-refractivity contribution in [2.75, 3.05) is 13.2 Å². The molecule has 0 heterocycles. The molecule has 0 N–H and O–H groups in total. The average Bonchev–Trinajstić information content (AvgIpc) is 2.18. The summed E-state index contributed by atoms with van der Waals surface area (Å²) in [7, 11) is -2.72. The standard InChI is InChI=1S/C11H27O3PSi/c1-6-10-16(5,11-7-2)14-15(12-8-3)13-9-4/h6-11H2,1-5H3. The predicted molar refractivity (Wildman–Crippen MR) is 73.1 cm³/mol. The zero-order chi connectivity index (χ0) is 12.4. The largest absolute Gasteiger partial charge is 0.354 e. The lowest BCUT2D eigenvalue weighted by atomic mass is 10.6. The first-order valence-electron chi connectivity index (χ1n) is 6.36. The molecule has 0 aliphatic heterocycles. The van der Waals surface area contributed by atoms with Gasteiger partial charge >= 0.3 is 8.60 Å². The Bertz CT molecular complexity index is 157. The molecule has 0 bridgehead atoms. The van der Waals surface area contributed by atoms with Gasteiger partial charge in [-0.3, -0.25) is 0 Å². The molecule has 98 valence electrons. The molecule has 5 heteroatoms. The molecule has 0 radical (unpaired) electrons. The fourth-order valence-electron chi connectivity index (χ4n) is 1.75. The van der Waals surface area contributed by atoms with E-state index in [0.29, 0.717) is 13.2 Å². The Balaban J connectivity index is 4.30. The van der Waals surface area contributed by atoms with Crippen molar-refractivity contribution >= 4 is 16.9 Å². The molecule has 16 heavy (non-hydrogen) atoms. The maximum Gasteiger partial charge on any atom is 0.321 e. The van der Waals surface area contributed by atoms with Crippen molar-refractivity contribution in [1.82, 2.24) is 0 Å². The van der Waals surface area contributed by atoms with Crippen LogP contribution in [-0.4, -0.2) is 21.5 Å². The Labute approximate surface area is 103 Å². The van der Waals surface area contributed by atoms with Crippen LogP contribution in [0.15, 0.2) is 0 Å². The topological polar surface area (TPSA) is 27.7 Å². The Morgan fingerprint density at radius 3 is 1.62 bits per heavy atom. The van der Waals surface area contributed by atoms with Crippen LogP contribution in [0.2, 0.25) is 18.6 Å². The van der Waals surface area contributed by atoms with E-state index < -0.39 is 16.9 Å². The third-order valence-corrected chi connectivity index (χ3v) is 8.73. The average molecular weight is 266 g/mol. The normalized spacial score (nSPS) is 12.4. The number of rotatable bonds is 10. The quantitative estimate of drug-likeness (QED) is 0.424. The van der Waals surface area contributed by atoms with E-state index in [1.54, 1.807) is 0 Å². The van der Waals surface area contributed by atoms with Crippen LogP contribution in [0.5, 0.6) is 0 Å². The highest BCUT2D eigenvalue weighted by atomic mass is 31.2. The van der Waals surface area contributed by atoms with Gasteiger partial charge in [0.2, 0.25) is 8.32 Å². The van der Waals surface area contributed by atoms with Gasteiger partial charge in [0.25, 0.3) is 0 Å². The van der Waals surface area contributed by atoms with Crippen LogP contribution in [0, 0.1) is 0 Å². The highest BCUT2D eigenvalue weighted by molar-refractivity contribution is 7.43. The molecule has 0 unspecified atom stereocenters. The van der Waals surface area contributed by atoms with E-state index in [1.165, 1.54) is 24.9 Å². The fraction of sp³-hybridized carbons (Fsp3) is 1.00. The Morgan fingerprint density at radius 1 is 0.875 bits per heavy atom. The molecular formula is C11H27O3PSi. The first kappa shape index (κ1) is 16.5. The van der Waals surface area contributed by atoms with Crippen molar-refractivity contribution in [2.24, 2.45) is 0 Å². The van der Waals surface area contributed by atoms with E-state index >= 15 is 0 Å². The summed E-state index contributed by atoms with van der Waals surface area (Å²) in [6.07, 6.45) is 2.37. The second kappa shape index (κ2) is 9.55. The van der Waals surface area contributed by atoms with E-state index in [-0.39, 0.29) is 0 Å². The summed E-state index contributed by atoms with van der Waals surface area (Å²) in [4.78, 5) is 0. The highest BCUT2D eigenvalue weighted by Gasteiger charge is 2.32. The molecule has 0 aromatic carbocycles. The van der Waals surface area contributed by atoms with E-state index in [2.05, 4.69) is 20.4 Å². The minimum atomic E-state index is -1.61.